The summed E-state index contributed by atoms with van der Waals surface area (Å²) >= 11 is 5.75. The minimum absolute atomic E-state index is 0.0727. The van der Waals surface area contributed by atoms with Crippen molar-refractivity contribution >= 4 is 38.9 Å². The van der Waals surface area contributed by atoms with E-state index in [1.807, 2.05) is 0 Å². The van der Waals surface area contributed by atoms with Crippen molar-refractivity contribution in [2.24, 2.45) is 0 Å². The number of nitro benzene ring substituents is 1. The minimum atomic E-state index is -3.63. The van der Waals surface area contributed by atoms with E-state index in [-0.39, 0.29) is 15.5 Å². The molecule has 0 bridgehead atoms. The number of hydrogen-bond acceptors (Lipinski definition) is 5. The van der Waals surface area contributed by atoms with Gasteiger partial charge in [-0.3, -0.25) is 14.9 Å². The molecule has 156 valence electrons. The number of nitro groups is 1. The lowest BCUT2D eigenvalue weighted by Gasteiger charge is -2.09. The molecular weight excluding hydrogens is 418 g/mol. The molecule has 0 spiro atoms. The summed E-state index contributed by atoms with van der Waals surface area (Å²) in [6, 6.07) is 9.30. The first-order chi connectivity index (χ1) is 13.7. The van der Waals surface area contributed by atoms with E-state index in [1.54, 1.807) is 0 Å². The second-order valence-electron chi connectivity index (χ2n) is 6.36. The highest BCUT2D eigenvalue weighted by molar-refractivity contribution is 7.89. The zero-order valence-corrected chi connectivity index (χ0v) is 17.4. The molecule has 1 amide bonds. The van der Waals surface area contributed by atoms with Crippen molar-refractivity contribution < 1.29 is 18.1 Å². The topological polar surface area (TPSA) is 118 Å². The van der Waals surface area contributed by atoms with Gasteiger partial charge in [0.15, 0.2) is 0 Å². The maximum atomic E-state index is 12.4. The first kappa shape index (κ1) is 22.8. The Bertz CT molecular complexity index is 978. The number of halogens is 1. The Morgan fingerprint density at radius 2 is 1.79 bits per heavy atom. The van der Waals surface area contributed by atoms with Gasteiger partial charge in [0.25, 0.3) is 11.6 Å². The van der Waals surface area contributed by atoms with Gasteiger partial charge in [-0.25, -0.2) is 13.1 Å². The van der Waals surface area contributed by atoms with Gasteiger partial charge in [0.05, 0.1) is 9.82 Å². The third kappa shape index (κ3) is 6.52. The first-order valence-corrected chi connectivity index (χ1v) is 11.0. The van der Waals surface area contributed by atoms with Crippen LogP contribution in [-0.4, -0.2) is 25.8 Å². The van der Waals surface area contributed by atoms with Crippen LogP contribution >= 0.6 is 11.6 Å². The number of carbonyl (C=O) groups is 1. The molecule has 2 rings (SSSR count). The number of nitrogens with zero attached hydrogens (tertiary/aromatic N) is 1. The summed E-state index contributed by atoms with van der Waals surface area (Å²) in [7, 11) is -3.63. The summed E-state index contributed by atoms with van der Waals surface area (Å²) in [5.41, 5.74) is -0.257. The smallest absolute Gasteiger partial charge is 0.283 e. The molecule has 0 aliphatic rings. The minimum Gasteiger partial charge on any atom is -0.322 e. The average Bonchev–Trinajstić information content (AvgIpc) is 2.68. The number of nitrogens with one attached hydrogen (secondary N) is 2. The Kier molecular flexibility index (Phi) is 8.12. The van der Waals surface area contributed by atoms with E-state index >= 15 is 0 Å². The number of carbonyl (C=O) groups excluding carboxylic acids is 1. The van der Waals surface area contributed by atoms with E-state index in [2.05, 4.69) is 17.0 Å². The standard InChI is InChI=1S/C19H22ClN3O5S/c1-2-3-4-5-12-21-29(27,28)16-9-7-15(8-10-16)22-19(24)17-11-6-14(20)13-18(17)23(25)26/h6-11,13,21H,2-5,12H2,1H3,(H,22,24). The van der Waals surface area contributed by atoms with Crippen LogP contribution in [0.2, 0.25) is 5.02 Å². The molecule has 0 fully saturated rings. The Morgan fingerprint density at radius 3 is 2.41 bits per heavy atom. The second-order valence-corrected chi connectivity index (χ2v) is 8.56. The largest absolute Gasteiger partial charge is 0.322 e. The van der Waals surface area contributed by atoms with Gasteiger partial charge in [0, 0.05) is 23.3 Å². The third-order valence-corrected chi connectivity index (χ3v) is 5.86. The van der Waals surface area contributed by atoms with Gasteiger partial charge in [0.1, 0.15) is 5.56 Å². The van der Waals surface area contributed by atoms with Crippen molar-refractivity contribution in [2.75, 3.05) is 11.9 Å². The Morgan fingerprint density at radius 1 is 1.10 bits per heavy atom. The van der Waals surface area contributed by atoms with Crippen LogP contribution in [0.25, 0.3) is 0 Å². The van der Waals surface area contributed by atoms with Gasteiger partial charge in [-0.2, -0.15) is 0 Å². The molecule has 10 heteroatoms. The maximum absolute atomic E-state index is 12.4. The van der Waals surface area contributed by atoms with E-state index < -0.39 is 26.5 Å². The Hall–Kier alpha value is -2.49. The summed E-state index contributed by atoms with van der Waals surface area (Å²) in [6.45, 7) is 2.44. The van der Waals surface area contributed by atoms with Crippen LogP contribution < -0.4 is 10.0 Å². The van der Waals surface area contributed by atoms with Gasteiger partial charge in [0.2, 0.25) is 10.0 Å². The summed E-state index contributed by atoms with van der Waals surface area (Å²) < 4.78 is 27.1. The predicted octanol–water partition coefficient (Wildman–Crippen LogP) is 4.36. The third-order valence-electron chi connectivity index (χ3n) is 4.15. The Labute approximate surface area is 174 Å². The Balaban J connectivity index is 2.05. The lowest BCUT2D eigenvalue weighted by molar-refractivity contribution is -0.385. The monoisotopic (exact) mass is 439 g/mol. The number of sulfonamides is 1. The van der Waals surface area contributed by atoms with Crippen molar-refractivity contribution in [1.29, 1.82) is 0 Å². The lowest BCUT2D eigenvalue weighted by Crippen LogP contribution is -2.24. The van der Waals surface area contributed by atoms with Gasteiger partial charge in [-0.05, 0) is 42.8 Å². The predicted molar refractivity (Wildman–Crippen MR) is 112 cm³/mol. The second kappa shape index (κ2) is 10.3. The maximum Gasteiger partial charge on any atom is 0.283 e. The van der Waals surface area contributed by atoms with Crippen LogP contribution in [0.5, 0.6) is 0 Å². The van der Waals surface area contributed by atoms with Gasteiger partial charge in [-0.1, -0.05) is 37.8 Å². The van der Waals surface area contributed by atoms with E-state index in [1.165, 1.54) is 36.4 Å². The zero-order valence-electron chi connectivity index (χ0n) is 15.9. The first-order valence-electron chi connectivity index (χ1n) is 9.09. The SMILES string of the molecule is CCCCCCNS(=O)(=O)c1ccc(NC(=O)c2ccc(Cl)cc2[N+](=O)[O-])cc1. The van der Waals surface area contributed by atoms with E-state index in [0.717, 1.165) is 31.7 Å². The summed E-state index contributed by atoms with van der Waals surface area (Å²) in [5.74, 6) is -0.696. The molecule has 29 heavy (non-hydrogen) atoms. The zero-order chi connectivity index (χ0) is 21.4. The average molecular weight is 440 g/mol. The molecule has 0 unspecified atom stereocenters. The number of unbranched alkanes of at least 4 members (excludes halogenated alkanes) is 3. The normalized spacial score (nSPS) is 11.2. The summed E-state index contributed by atoms with van der Waals surface area (Å²) in [4.78, 5) is 22.9. The fraction of sp³-hybridized carbons (Fsp3) is 0.316. The van der Waals surface area contributed by atoms with E-state index in [4.69, 9.17) is 11.6 Å². The number of benzene rings is 2. The number of anilines is 1. The molecule has 0 saturated carbocycles. The molecule has 0 atom stereocenters. The van der Waals surface area contributed by atoms with Crippen LogP contribution in [0.4, 0.5) is 11.4 Å². The van der Waals surface area contributed by atoms with E-state index in [0.29, 0.717) is 12.2 Å². The molecule has 0 radical (unpaired) electrons. The summed E-state index contributed by atoms with van der Waals surface area (Å²) in [6.07, 6.45) is 3.85. The van der Waals surface area contributed by atoms with Crippen molar-refractivity contribution in [1.82, 2.24) is 4.72 Å². The van der Waals surface area contributed by atoms with Crippen molar-refractivity contribution in [2.45, 2.75) is 37.5 Å². The van der Waals surface area contributed by atoms with Crippen LogP contribution in [0, 0.1) is 10.1 Å². The van der Waals surface area contributed by atoms with Crippen LogP contribution in [0.15, 0.2) is 47.4 Å². The molecule has 8 nitrogen and oxygen atoms in total. The molecule has 0 heterocycles. The highest BCUT2D eigenvalue weighted by Gasteiger charge is 2.21. The molecular formula is C19H22ClN3O5S. The van der Waals surface area contributed by atoms with Crippen LogP contribution in [-0.2, 0) is 10.0 Å². The highest BCUT2D eigenvalue weighted by Crippen LogP contribution is 2.24. The molecule has 2 aromatic carbocycles. The molecule has 2 N–H and O–H groups in total. The van der Waals surface area contributed by atoms with Crippen molar-refractivity contribution in [3.8, 4) is 0 Å². The highest BCUT2D eigenvalue weighted by atomic mass is 35.5. The fourth-order valence-corrected chi connectivity index (χ4v) is 3.85. The fourth-order valence-electron chi connectivity index (χ4n) is 2.61. The quantitative estimate of drug-likeness (QED) is 0.324. The van der Waals surface area contributed by atoms with Crippen molar-refractivity contribution in [3.05, 3.63) is 63.2 Å². The van der Waals surface area contributed by atoms with Gasteiger partial charge < -0.3 is 5.32 Å². The van der Waals surface area contributed by atoms with Crippen molar-refractivity contribution in [3.63, 3.8) is 0 Å². The molecule has 0 aliphatic heterocycles. The number of hydrogen-bond donors (Lipinski definition) is 2. The van der Waals surface area contributed by atoms with E-state index in [9.17, 15) is 23.3 Å². The number of rotatable bonds is 10. The number of amides is 1. The summed E-state index contributed by atoms with van der Waals surface area (Å²) in [5, 5.41) is 13.8. The molecule has 0 saturated heterocycles. The molecule has 0 aromatic heterocycles. The van der Waals surface area contributed by atoms with Crippen LogP contribution in [0.1, 0.15) is 43.0 Å². The van der Waals surface area contributed by atoms with Gasteiger partial charge >= 0.3 is 0 Å². The van der Waals surface area contributed by atoms with Gasteiger partial charge in [-0.15, -0.1) is 0 Å². The van der Waals surface area contributed by atoms with Crippen LogP contribution in [0.3, 0.4) is 0 Å². The molecule has 0 aliphatic carbocycles. The lowest BCUT2D eigenvalue weighted by atomic mass is 10.1. The molecule has 2 aromatic rings.